The number of aliphatic hydroxyl groups excluding tert-OH is 1. The first-order chi connectivity index (χ1) is 11.0. The van der Waals surface area contributed by atoms with Crippen molar-refractivity contribution >= 4 is 0 Å². The van der Waals surface area contributed by atoms with E-state index in [1.807, 2.05) is 13.0 Å². The highest BCUT2D eigenvalue weighted by atomic mass is 16.5. The van der Waals surface area contributed by atoms with Gasteiger partial charge in [0.25, 0.3) is 0 Å². The van der Waals surface area contributed by atoms with Gasteiger partial charge in [-0.1, -0.05) is 49.8 Å². The third-order valence-electron chi connectivity index (χ3n) is 5.35. The summed E-state index contributed by atoms with van der Waals surface area (Å²) in [5.74, 6) is 1.04. The number of benzene rings is 1. The molecule has 2 rings (SSSR count). The summed E-state index contributed by atoms with van der Waals surface area (Å²) in [5, 5.41) is 9.97. The monoisotopic (exact) mass is 316 g/mol. The van der Waals surface area contributed by atoms with Crippen molar-refractivity contribution in [3.63, 3.8) is 0 Å². The maximum absolute atomic E-state index is 9.97. The summed E-state index contributed by atoms with van der Waals surface area (Å²) in [6, 6.07) is 8.84. The van der Waals surface area contributed by atoms with E-state index in [9.17, 15) is 5.11 Å². The molecule has 0 amide bonds. The van der Waals surface area contributed by atoms with Gasteiger partial charge in [0.05, 0.1) is 18.3 Å². The molecule has 1 heterocycles. The second-order valence-electron chi connectivity index (χ2n) is 7.08. The van der Waals surface area contributed by atoms with Crippen LogP contribution in [0.3, 0.4) is 0 Å². The Morgan fingerprint density at radius 3 is 2.57 bits per heavy atom. The molecule has 2 nitrogen and oxygen atoms in total. The Balaban J connectivity index is 1.98. The van der Waals surface area contributed by atoms with Crippen LogP contribution < -0.4 is 0 Å². The summed E-state index contributed by atoms with van der Waals surface area (Å²) < 4.78 is 6.28. The lowest BCUT2D eigenvalue weighted by Gasteiger charge is -2.21. The normalized spacial score (nSPS) is 28.7. The quantitative estimate of drug-likeness (QED) is 0.705. The number of ether oxygens (including phenoxy) is 1. The van der Waals surface area contributed by atoms with E-state index in [0.29, 0.717) is 11.8 Å². The first-order valence-corrected chi connectivity index (χ1v) is 9.05. The second-order valence-corrected chi connectivity index (χ2v) is 7.08. The molecule has 1 N–H and O–H groups in total. The fourth-order valence-corrected chi connectivity index (χ4v) is 3.70. The topological polar surface area (TPSA) is 29.5 Å². The van der Waals surface area contributed by atoms with Gasteiger partial charge in [-0.05, 0) is 56.4 Å². The highest BCUT2D eigenvalue weighted by Crippen LogP contribution is 2.39. The highest BCUT2D eigenvalue weighted by molar-refractivity contribution is 5.21. The molecule has 0 unspecified atom stereocenters. The zero-order valence-electron chi connectivity index (χ0n) is 14.9. The molecule has 128 valence electrons. The molecule has 1 aliphatic rings. The second kappa shape index (κ2) is 8.65. The van der Waals surface area contributed by atoms with Crippen LogP contribution in [0.2, 0.25) is 0 Å². The van der Waals surface area contributed by atoms with Crippen LogP contribution >= 0.6 is 0 Å². The molecule has 2 heteroatoms. The van der Waals surface area contributed by atoms with Gasteiger partial charge in [-0.25, -0.2) is 0 Å². The van der Waals surface area contributed by atoms with Gasteiger partial charge in [-0.15, -0.1) is 6.58 Å². The lowest BCUT2D eigenvalue weighted by molar-refractivity contribution is 0.000181. The van der Waals surface area contributed by atoms with Gasteiger partial charge in [0.1, 0.15) is 0 Å². The summed E-state index contributed by atoms with van der Waals surface area (Å²) in [5.41, 5.74) is 2.71. The van der Waals surface area contributed by atoms with Crippen molar-refractivity contribution in [2.75, 3.05) is 0 Å². The molecule has 1 fully saturated rings. The zero-order valence-corrected chi connectivity index (χ0v) is 14.9. The fraction of sp³-hybridized carbons (Fsp3) is 0.619. The Kier molecular flexibility index (Phi) is 6.86. The van der Waals surface area contributed by atoms with Crippen molar-refractivity contribution in [2.24, 2.45) is 11.8 Å². The van der Waals surface area contributed by atoms with E-state index in [-0.39, 0.29) is 18.3 Å². The summed E-state index contributed by atoms with van der Waals surface area (Å²) in [6.45, 7) is 10.3. The van der Waals surface area contributed by atoms with E-state index < -0.39 is 0 Å². The Hall–Kier alpha value is -1.12. The third-order valence-corrected chi connectivity index (χ3v) is 5.35. The lowest BCUT2D eigenvalue weighted by atomic mass is 9.82. The molecular weight excluding hydrogens is 284 g/mol. The Morgan fingerprint density at radius 2 is 1.96 bits per heavy atom. The summed E-state index contributed by atoms with van der Waals surface area (Å²) >= 11 is 0. The number of rotatable bonds is 8. The number of hydrogen-bond acceptors (Lipinski definition) is 2. The van der Waals surface area contributed by atoms with E-state index in [0.717, 1.165) is 32.1 Å². The molecule has 0 saturated carbocycles. The summed E-state index contributed by atoms with van der Waals surface area (Å²) in [4.78, 5) is 0. The standard InChI is InChI=1S/C21H32O2/c1-5-7-20-19(13-12-17-10-8-15(3)9-11-17)16(4)21(23-20)14-18(22)6-2/h5,8-11,16,18-22H,1,6-7,12-14H2,2-4H3/t16-,18-,19-,20+,21-/m1/s1. The van der Waals surface area contributed by atoms with E-state index in [1.165, 1.54) is 11.1 Å². The number of hydrogen-bond donors (Lipinski definition) is 1. The van der Waals surface area contributed by atoms with E-state index in [4.69, 9.17) is 4.74 Å². The maximum Gasteiger partial charge on any atom is 0.0645 e. The van der Waals surface area contributed by atoms with Crippen LogP contribution in [0, 0.1) is 18.8 Å². The van der Waals surface area contributed by atoms with Gasteiger partial charge < -0.3 is 9.84 Å². The molecule has 1 aliphatic heterocycles. The van der Waals surface area contributed by atoms with Gasteiger partial charge in [0.15, 0.2) is 0 Å². The first kappa shape index (κ1) is 18.2. The smallest absolute Gasteiger partial charge is 0.0645 e. The molecule has 0 aliphatic carbocycles. The van der Waals surface area contributed by atoms with Crippen molar-refractivity contribution in [1.29, 1.82) is 0 Å². The van der Waals surface area contributed by atoms with Crippen molar-refractivity contribution in [2.45, 2.75) is 71.2 Å². The van der Waals surface area contributed by atoms with E-state index in [2.05, 4.69) is 44.7 Å². The molecule has 0 spiro atoms. The predicted molar refractivity (Wildman–Crippen MR) is 96.5 cm³/mol. The minimum absolute atomic E-state index is 0.179. The van der Waals surface area contributed by atoms with Crippen molar-refractivity contribution < 1.29 is 9.84 Å². The Morgan fingerprint density at radius 1 is 1.26 bits per heavy atom. The van der Waals surface area contributed by atoms with Gasteiger partial charge in [0, 0.05) is 0 Å². The Bertz CT molecular complexity index is 479. The molecule has 5 atom stereocenters. The zero-order chi connectivity index (χ0) is 16.8. The average Bonchev–Trinajstić information content (AvgIpc) is 2.83. The van der Waals surface area contributed by atoms with Crippen molar-refractivity contribution in [1.82, 2.24) is 0 Å². The van der Waals surface area contributed by atoms with Crippen LogP contribution in [0.25, 0.3) is 0 Å². The van der Waals surface area contributed by atoms with Crippen molar-refractivity contribution in [3.05, 3.63) is 48.0 Å². The predicted octanol–water partition coefficient (Wildman–Crippen LogP) is 4.68. The minimum atomic E-state index is -0.248. The van der Waals surface area contributed by atoms with E-state index >= 15 is 0 Å². The molecule has 0 bridgehead atoms. The SMILES string of the molecule is C=CC[C@@H]1O[C@H](C[C@H](O)CC)[C@H](C)[C@H]1CCc1ccc(C)cc1. The van der Waals surface area contributed by atoms with Gasteiger partial charge in [0.2, 0.25) is 0 Å². The summed E-state index contributed by atoms with van der Waals surface area (Å²) in [6.07, 6.45) is 6.84. The molecule has 1 aromatic rings. The van der Waals surface area contributed by atoms with Crippen LogP contribution in [0.5, 0.6) is 0 Å². The first-order valence-electron chi connectivity index (χ1n) is 9.05. The van der Waals surface area contributed by atoms with Crippen LogP contribution in [0.15, 0.2) is 36.9 Å². The fourth-order valence-electron chi connectivity index (χ4n) is 3.70. The highest BCUT2D eigenvalue weighted by Gasteiger charge is 2.40. The molecular formula is C21H32O2. The van der Waals surface area contributed by atoms with Gasteiger partial charge in [-0.3, -0.25) is 0 Å². The summed E-state index contributed by atoms with van der Waals surface area (Å²) in [7, 11) is 0. The van der Waals surface area contributed by atoms with Crippen LogP contribution in [-0.2, 0) is 11.2 Å². The van der Waals surface area contributed by atoms with Gasteiger partial charge in [-0.2, -0.15) is 0 Å². The van der Waals surface area contributed by atoms with Crippen molar-refractivity contribution in [3.8, 4) is 0 Å². The lowest BCUT2D eigenvalue weighted by Crippen LogP contribution is -2.23. The third kappa shape index (κ3) is 4.92. The molecule has 0 radical (unpaired) electrons. The van der Waals surface area contributed by atoms with Crippen LogP contribution in [-0.4, -0.2) is 23.4 Å². The maximum atomic E-state index is 9.97. The molecule has 0 aromatic heterocycles. The molecule has 1 saturated heterocycles. The number of aliphatic hydroxyl groups is 1. The van der Waals surface area contributed by atoms with Crippen LogP contribution in [0.4, 0.5) is 0 Å². The van der Waals surface area contributed by atoms with E-state index in [1.54, 1.807) is 0 Å². The minimum Gasteiger partial charge on any atom is -0.393 e. The largest absolute Gasteiger partial charge is 0.393 e. The molecule has 1 aromatic carbocycles. The Labute approximate surface area is 141 Å². The van der Waals surface area contributed by atoms with Gasteiger partial charge >= 0.3 is 0 Å². The molecule has 23 heavy (non-hydrogen) atoms. The average molecular weight is 316 g/mol. The van der Waals surface area contributed by atoms with Crippen LogP contribution in [0.1, 0.15) is 50.7 Å². The number of aryl methyl sites for hydroxylation is 2.